The zero-order valence-corrected chi connectivity index (χ0v) is 14.6. The number of nitro benzene ring substituents is 1. The molecule has 0 atom stereocenters. The lowest BCUT2D eigenvalue weighted by atomic mass is 10.0. The summed E-state index contributed by atoms with van der Waals surface area (Å²) >= 11 is 0. The summed E-state index contributed by atoms with van der Waals surface area (Å²) in [5.74, 6) is -0.889. The second-order valence-electron chi connectivity index (χ2n) is 6.17. The Hall–Kier alpha value is -3.48. The summed E-state index contributed by atoms with van der Waals surface area (Å²) < 4.78 is 0. The van der Waals surface area contributed by atoms with E-state index in [2.05, 4.69) is 5.32 Å². The first-order valence-corrected chi connectivity index (χ1v) is 7.95. The smallest absolute Gasteiger partial charge is 0.277 e. The molecule has 132 valence electrons. The van der Waals surface area contributed by atoms with E-state index in [4.69, 9.17) is 0 Å². The fraction of sp³-hybridized carbons (Fsp3) is 0.158. The van der Waals surface area contributed by atoms with Gasteiger partial charge in [-0.25, -0.2) is 0 Å². The summed E-state index contributed by atoms with van der Waals surface area (Å²) in [6, 6.07) is 11.3. The lowest BCUT2D eigenvalue weighted by Crippen LogP contribution is -2.28. The molecule has 0 unspecified atom stereocenters. The fourth-order valence-electron chi connectivity index (χ4n) is 2.86. The SMILES string of the molecule is Cc1ccc(NC2=C(c3ccc([N+](=O)[O-])cc3)C(=O)N(C)C2=O)c(C)c1. The molecule has 2 amide bonds. The number of amides is 2. The average Bonchev–Trinajstić information content (AvgIpc) is 2.81. The largest absolute Gasteiger partial charge is 0.350 e. The van der Waals surface area contributed by atoms with E-state index in [0.29, 0.717) is 5.56 Å². The third-order valence-corrected chi connectivity index (χ3v) is 4.30. The second kappa shape index (κ2) is 6.44. The number of anilines is 1. The van der Waals surface area contributed by atoms with Gasteiger partial charge in [-0.1, -0.05) is 17.7 Å². The number of nitrogens with one attached hydrogen (secondary N) is 1. The lowest BCUT2D eigenvalue weighted by Gasteiger charge is -2.12. The van der Waals surface area contributed by atoms with Crippen molar-refractivity contribution in [1.82, 2.24) is 4.90 Å². The van der Waals surface area contributed by atoms with Gasteiger partial charge in [0, 0.05) is 24.9 Å². The highest BCUT2D eigenvalue weighted by molar-refractivity contribution is 6.36. The van der Waals surface area contributed by atoms with Crippen LogP contribution in [0.5, 0.6) is 0 Å². The summed E-state index contributed by atoms with van der Waals surface area (Å²) in [4.78, 5) is 36.4. The number of rotatable bonds is 4. The van der Waals surface area contributed by atoms with E-state index < -0.39 is 16.7 Å². The molecule has 1 N–H and O–H groups in total. The normalized spacial score (nSPS) is 14.2. The van der Waals surface area contributed by atoms with Crippen LogP contribution in [-0.4, -0.2) is 28.7 Å². The van der Waals surface area contributed by atoms with E-state index in [-0.39, 0.29) is 17.0 Å². The van der Waals surface area contributed by atoms with E-state index in [9.17, 15) is 19.7 Å². The minimum atomic E-state index is -0.513. The molecule has 0 spiro atoms. The second-order valence-corrected chi connectivity index (χ2v) is 6.17. The Balaban J connectivity index is 2.08. The standard InChI is InChI=1S/C19H17N3O4/c1-11-4-9-15(12(2)10-11)20-17-16(18(23)21(3)19(17)24)13-5-7-14(8-6-13)22(25)26/h4-10,20H,1-3H3. The molecule has 0 fully saturated rings. The van der Waals surface area contributed by atoms with Crippen LogP contribution in [0.3, 0.4) is 0 Å². The van der Waals surface area contributed by atoms with Gasteiger partial charge in [-0.15, -0.1) is 0 Å². The third kappa shape index (κ3) is 2.95. The van der Waals surface area contributed by atoms with Gasteiger partial charge in [0.2, 0.25) is 0 Å². The molecule has 2 aromatic rings. The van der Waals surface area contributed by atoms with Crippen LogP contribution in [0, 0.1) is 24.0 Å². The van der Waals surface area contributed by atoms with E-state index in [1.54, 1.807) is 0 Å². The molecule has 1 heterocycles. The number of nitro groups is 1. The predicted octanol–water partition coefficient (Wildman–Crippen LogP) is 3.03. The molecule has 1 aliphatic heterocycles. The predicted molar refractivity (Wildman–Crippen MR) is 97.3 cm³/mol. The molecule has 0 saturated heterocycles. The maximum Gasteiger partial charge on any atom is 0.277 e. The Labute approximate surface area is 150 Å². The van der Waals surface area contributed by atoms with Crippen molar-refractivity contribution in [2.75, 3.05) is 12.4 Å². The zero-order valence-electron chi connectivity index (χ0n) is 14.6. The number of hydrogen-bond donors (Lipinski definition) is 1. The van der Waals surface area contributed by atoms with E-state index in [1.807, 2.05) is 32.0 Å². The van der Waals surface area contributed by atoms with Gasteiger partial charge in [0.1, 0.15) is 5.70 Å². The van der Waals surface area contributed by atoms with E-state index in [0.717, 1.165) is 21.7 Å². The minimum absolute atomic E-state index is 0.0802. The van der Waals surface area contributed by atoms with Crippen LogP contribution in [0.25, 0.3) is 5.57 Å². The summed E-state index contributed by atoms with van der Waals surface area (Å²) in [6.07, 6.45) is 0. The van der Waals surface area contributed by atoms with Crippen LogP contribution in [0.1, 0.15) is 16.7 Å². The van der Waals surface area contributed by atoms with Gasteiger partial charge in [-0.2, -0.15) is 0 Å². The van der Waals surface area contributed by atoms with Gasteiger partial charge < -0.3 is 5.32 Å². The molecule has 7 nitrogen and oxygen atoms in total. The number of imide groups is 1. The van der Waals surface area contributed by atoms with Crippen LogP contribution in [0.2, 0.25) is 0 Å². The summed E-state index contributed by atoms with van der Waals surface area (Å²) in [6.45, 7) is 3.88. The van der Waals surface area contributed by atoms with Crippen LogP contribution < -0.4 is 5.32 Å². The first-order valence-electron chi connectivity index (χ1n) is 7.95. The molecular weight excluding hydrogens is 334 g/mol. The van der Waals surface area contributed by atoms with Crippen LogP contribution >= 0.6 is 0 Å². The van der Waals surface area contributed by atoms with Gasteiger partial charge in [0.25, 0.3) is 17.5 Å². The van der Waals surface area contributed by atoms with Crippen molar-refractivity contribution in [2.24, 2.45) is 0 Å². The molecule has 0 aromatic heterocycles. The highest BCUT2D eigenvalue weighted by Gasteiger charge is 2.37. The lowest BCUT2D eigenvalue weighted by molar-refractivity contribution is -0.384. The molecular formula is C19H17N3O4. The maximum atomic E-state index is 12.5. The Morgan fingerprint density at radius 2 is 1.65 bits per heavy atom. The Bertz CT molecular complexity index is 961. The number of non-ortho nitro benzene ring substituents is 1. The maximum absolute atomic E-state index is 12.5. The molecule has 7 heteroatoms. The van der Waals surface area contributed by atoms with Crippen molar-refractivity contribution < 1.29 is 14.5 Å². The molecule has 0 aliphatic carbocycles. The van der Waals surface area contributed by atoms with Crippen molar-refractivity contribution in [2.45, 2.75) is 13.8 Å². The number of hydrogen-bond acceptors (Lipinski definition) is 5. The molecule has 0 saturated carbocycles. The van der Waals surface area contributed by atoms with Gasteiger partial charge in [-0.05, 0) is 43.2 Å². The number of likely N-dealkylation sites (N-methyl/N-ethyl adjacent to an activating group) is 1. The minimum Gasteiger partial charge on any atom is -0.350 e. The molecule has 2 aromatic carbocycles. The van der Waals surface area contributed by atoms with Crippen LogP contribution in [0.4, 0.5) is 11.4 Å². The zero-order chi connectivity index (χ0) is 19.0. The van der Waals surface area contributed by atoms with Crippen molar-refractivity contribution in [3.05, 3.63) is 75.0 Å². The number of carbonyl (C=O) groups is 2. The number of benzene rings is 2. The topological polar surface area (TPSA) is 92.6 Å². The first-order chi connectivity index (χ1) is 12.3. The average molecular weight is 351 g/mol. The summed E-state index contributed by atoms with van der Waals surface area (Å²) in [7, 11) is 1.41. The number of nitrogens with zero attached hydrogens (tertiary/aromatic N) is 2. The van der Waals surface area contributed by atoms with Crippen LogP contribution in [-0.2, 0) is 9.59 Å². The van der Waals surface area contributed by atoms with E-state index in [1.165, 1.54) is 31.3 Å². The van der Waals surface area contributed by atoms with E-state index >= 15 is 0 Å². The molecule has 3 rings (SSSR count). The summed E-state index contributed by atoms with van der Waals surface area (Å²) in [5, 5.41) is 13.9. The molecule has 26 heavy (non-hydrogen) atoms. The first kappa shape index (κ1) is 17.3. The van der Waals surface area contributed by atoms with Crippen molar-refractivity contribution in [1.29, 1.82) is 0 Å². The Kier molecular flexibility index (Phi) is 4.29. The monoisotopic (exact) mass is 351 g/mol. The van der Waals surface area contributed by atoms with Gasteiger partial charge in [-0.3, -0.25) is 24.6 Å². The highest BCUT2D eigenvalue weighted by Crippen LogP contribution is 2.31. The third-order valence-electron chi connectivity index (χ3n) is 4.30. The van der Waals surface area contributed by atoms with Gasteiger partial charge >= 0.3 is 0 Å². The fourth-order valence-corrected chi connectivity index (χ4v) is 2.86. The van der Waals surface area contributed by atoms with Crippen molar-refractivity contribution in [3.63, 3.8) is 0 Å². The van der Waals surface area contributed by atoms with Crippen molar-refractivity contribution >= 4 is 28.8 Å². The van der Waals surface area contributed by atoms with Gasteiger partial charge in [0.15, 0.2) is 0 Å². The van der Waals surface area contributed by atoms with Crippen molar-refractivity contribution in [3.8, 4) is 0 Å². The molecule has 1 aliphatic rings. The number of carbonyl (C=O) groups excluding carboxylic acids is 2. The summed E-state index contributed by atoms with van der Waals surface area (Å²) in [5.41, 5.74) is 3.49. The highest BCUT2D eigenvalue weighted by atomic mass is 16.6. The number of aryl methyl sites for hydroxylation is 2. The van der Waals surface area contributed by atoms with Crippen LogP contribution in [0.15, 0.2) is 48.2 Å². The Morgan fingerprint density at radius 3 is 2.23 bits per heavy atom. The quantitative estimate of drug-likeness (QED) is 0.519. The van der Waals surface area contributed by atoms with Gasteiger partial charge in [0.05, 0.1) is 10.5 Å². The molecule has 0 radical (unpaired) electrons. The molecule has 0 bridgehead atoms. The Morgan fingerprint density at radius 1 is 1.00 bits per heavy atom.